The molecule has 0 aromatic heterocycles. The van der Waals surface area contributed by atoms with Gasteiger partial charge in [0.1, 0.15) is 12.4 Å². The molecule has 0 saturated carbocycles. The third-order valence-corrected chi connectivity index (χ3v) is 8.32. The van der Waals surface area contributed by atoms with E-state index in [1.165, 1.54) is 0 Å². The van der Waals surface area contributed by atoms with E-state index in [4.69, 9.17) is 21.4 Å². The van der Waals surface area contributed by atoms with Gasteiger partial charge < -0.3 is 30.5 Å². The number of likely N-dealkylation sites (tertiary alicyclic amines) is 1. The number of carbonyl (C=O) groups is 2. The summed E-state index contributed by atoms with van der Waals surface area (Å²) in [5, 5.41) is 28.1. The number of methoxy groups -OCH3 is 1. The number of carbonyl (C=O) groups excluding carboxylic acids is 2. The Bertz CT molecular complexity index is 1370. The Balaban J connectivity index is 1.69. The second-order valence-corrected chi connectivity index (χ2v) is 11.2. The van der Waals surface area contributed by atoms with Crippen molar-refractivity contribution in [1.29, 1.82) is 0 Å². The van der Waals surface area contributed by atoms with Gasteiger partial charge in [0.2, 0.25) is 5.91 Å². The predicted octanol–water partition coefficient (Wildman–Crippen LogP) is 4.36. The second-order valence-electron chi connectivity index (χ2n) is 10.7. The first-order chi connectivity index (χ1) is 20.3. The molecule has 9 heteroatoms. The van der Waals surface area contributed by atoms with Crippen LogP contribution in [0, 0.1) is 5.92 Å². The molecular formula is C33H40ClN3O5. The van der Waals surface area contributed by atoms with Gasteiger partial charge in [0, 0.05) is 48.2 Å². The van der Waals surface area contributed by atoms with Gasteiger partial charge in [-0.05, 0) is 79.8 Å². The topological polar surface area (TPSA) is 111 Å². The number of amides is 2. The monoisotopic (exact) mass is 593 g/mol. The lowest BCUT2D eigenvalue weighted by atomic mass is 9.72. The number of halogens is 1. The molecule has 8 nitrogen and oxygen atoms in total. The van der Waals surface area contributed by atoms with Crippen LogP contribution in [0.3, 0.4) is 0 Å². The van der Waals surface area contributed by atoms with Crippen LogP contribution in [0.25, 0.3) is 11.1 Å². The quantitative estimate of drug-likeness (QED) is 0.232. The molecule has 1 aliphatic rings. The van der Waals surface area contributed by atoms with Crippen molar-refractivity contribution < 1.29 is 24.5 Å². The first-order valence-corrected chi connectivity index (χ1v) is 14.7. The summed E-state index contributed by atoms with van der Waals surface area (Å²) in [5.74, 6) is -0.139. The van der Waals surface area contributed by atoms with Crippen molar-refractivity contribution in [2.24, 2.45) is 5.92 Å². The van der Waals surface area contributed by atoms with Gasteiger partial charge in [-0.2, -0.15) is 0 Å². The van der Waals surface area contributed by atoms with Crippen LogP contribution in [0.4, 0.5) is 0 Å². The van der Waals surface area contributed by atoms with Crippen molar-refractivity contribution in [3.8, 4) is 16.9 Å². The summed E-state index contributed by atoms with van der Waals surface area (Å²) in [6.07, 6.45) is 2.24. The van der Waals surface area contributed by atoms with Gasteiger partial charge in [0.15, 0.2) is 0 Å². The maximum atomic E-state index is 13.6. The van der Waals surface area contributed by atoms with Crippen LogP contribution >= 0.6 is 11.6 Å². The highest BCUT2D eigenvalue weighted by molar-refractivity contribution is 6.33. The summed E-state index contributed by atoms with van der Waals surface area (Å²) in [4.78, 5) is 27.1. The largest absolute Gasteiger partial charge is 0.497 e. The Labute approximate surface area is 252 Å². The Morgan fingerprint density at radius 3 is 2.60 bits per heavy atom. The van der Waals surface area contributed by atoms with Crippen molar-refractivity contribution in [1.82, 2.24) is 15.5 Å². The Hall–Kier alpha value is -3.43. The second kappa shape index (κ2) is 14.6. The number of piperidine rings is 1. The van der Waals surface area contributed by atoms with Gasteiger partial charge in [-0.25, -0.2) is 0 Å². The highest BCUT2D eigenvalue weighted by Crippen LogP contribution is 2.46. The summed E-state index contributed by atoms with van der Waals surface area (Å²) >= 11 is 6.81. The molecule has 0 radical (unpaired) electrons. The molecule has 1 heterocycles. The lowest BCUT2D eigenvalue weighted by Gasteiger charge is -2.44. The summed E-state index contributed by atoms with van der Waals surface area (Å²) in [6.45, 7) is 1.41. The zero-order valence-corrected chi connectivity index (χ0v) is 25.0. The third-order valence-electron chi connectivity index (χ3n) is 8.00. The number of aliphatic hydroxyl groups excluding tert-OH is 1. The van der Waals surface area contributed by atoms with Crippen LogP contribution < -0.4 is 15.4 Å². The number of hydrogen-bond acceptors (Lipinski definition) is 6. The van der Waals surface area contributed by atoms with Crippen LogP contribution in [0.5, 0.6) is 5.75 Å². The highest BCUT2D eigenvalue weighted by atomic mass is 35.5. The summed E-state index contributed by atoms with van der Waals surface area (Å²) in [5.41, 5.74) is 2.55. The molecule has 0 bridgehead atoms. The number of ether oxygens (including phenoxy) is 1. The Kier molecular flexibility index (Phi) is 11.0. The van der Waals surface area contributed by atoms with Crippen molar-refractivity contribution >= 4 is 23.4 Å². The molecular weight excluding hydrogens is 554 g/mol. The molecule has 2 amide bonds. The minimum absolute atomic E-state index is 0.0626. The highest BCUT2D eigenvalue weighted by Gasteiger charge is 2.43. The van der Waals surface area contributed by atoms with Crippen molar-refractivity contribution in [3.63, 3.8) is 0 Å². The van der Waals surface area contributed by atoms with E-state index < -0.39 is 18.1 Å². The molecule has 224 valence electrons. The number of nitrogens with zero attached hydrogens (tertiary/aromatic N) is 1. The van der Waals surface area contributed by atoms with Crippen molar-refractivity contribution in [3.05, 3.63) is 88.4 Å². The number of benzene rings is 3. The summed E-state index contributed by atoms with van der Waals surface area (Å²) in [7, 11) is 3.49. The molecule has 0 spiro atoms. The maximum Gasteiger partial charge on any atom is 0.253 e. The van der Waals surface area contributed by atoms with Crippen molar-refractivity contribution in [2.45, 2.75) is 37.8 Å². The minimum atomic E-state index is -1.36. The van der Waals surface area contributed by atoms with E-state index in [0.29, 0.717) is 66.4 Å². The van der Waals surface area contributed by atoms with Gasteiger partial charge in [0.05, 0.1) is 12.7 Å². The molecule has 1 fully saturated rings. The molecule has 1 aliphatic heterocycles. The number of rotatable bonds is 12. The van der Waals surface area contributed by atoms with E-state index >= 15 is 0 Å². The van der Waals surface area contributed by atoms with E-state index in [0.717, 1.165) is 24.1 Å². The van der Waals surface area contributed by atoms with Gasteiger partial charge in [-0.1, -0.05) is 48.0 Å². The van der Waals surface area contributed by atoms with Crippen LogP contribution in [0.1, 0.15) is 47.2 Å². The van der Waals surface area contributed by atoms with E-state index in [9.17, 15) is 14.7 Å². The van der Waals surface area contributed by atoms with Gasteiger partial charge in [-0.15, -0.1) is 0 Å². The first-order valence-electron chi connectivity index (χ1n) is 14.4. The van der Waals surface area contributed by atoms with Crippen LogP contribution in [0.15, 0.2) is 66.7 Å². The van der Waals surface area contributed by atoms with Gasteiger partial charge >= 0.3 is 0 Å². The lowest BCUT2D eigenvalue weighted by molar-refractivity contribution is -0.123. The fraction of sp³-hybridized carbons (Fsp3) is 0.394. The first kappa shape index (κ1) is 31.5. The van der Waals surface area contributed by atoms with E-state index in [-0.39, 0.29) is 11.8 Å². The average Bonchev–Trinajstić information content (AvgIpc) is 3.03. The van der Waals surface area contributed by atoms with E-state index in [1.807, 2.05) is 72.6 Å². The fourth-order valence-electron chi connectivity index (χ4n) is 5.86. The zero-order valence-electron chi connectivity index (χ0n) is 24.2. The molecule has 4 N–H and O–H groups in total. The average molecular weight is 594 g/mol. The van der Waals surface area contributed by atoms with Gasteiger partial charge in [-0.3, -0.25) is 9.59 Å². The molecule has 1 saturated heterocycles. The molecule has 42 heavy (non-hydrogen) atoms. The Morgan fingerprint density at radius 1 is 1.12 bits per heavy atom. The predicted molar refractivity (Wildman–Crippen MR) is 164 cm³/mol. The lowest BCUT2D eigenvalue weighted by Crippen LogP contribution is -2.48. The number of hydrogen-bond donors (Lipinski definition) is 4. The summed E-state index contributed by atoms with van der Waals surface area (Å²) < 4.78 is 5.46. The number of nitrogens with one attached hydrogen (secondary N) is 2. The SMILES string of the molecule is CNCc1ccc(C(=O)N2CCCC(C(O)(CCCNC(=O)CO)c3cccc(Cl)c3-c3cccc(OC)c3)C2)cc1. The smallest absolute Gasteiger partial charge is 0.253 e. The van der Waals surface area contributed by atoms with Crippen LogP contribution in [0.2, 0.25) is 5.02 Å². The normalized spacial score (nSPS) is 16.5. The van der Waals surface area contributed by atoms with E-state index in [1.54, 1.807) is 13.2 Å². The minimum Gasteiger partial charge on any atom is -0.497 e. The van der Waals surface area contributed by atoms with E-state index in [2.05, 4.69) is 10.6 Å². The fourth-order valence-corrected chi connectivity index (χ4v) is 6.14. The molecule has 2 atom stereocenters. The molecule has 2 unspecified atom stereocenters. The standard InChI is InChI=1S/C33H40ClN3O5/c1-35-20-23-12-14-24(15-13-23)32(40)37-18-5-8-26(21-37)33(41,16-6-17-36-30(39)22-38)28-10-4-11-29(34)31(28)25-7-3-9-27(19-25)42-2/h3-4,7,9-15,19,26,35,38,41H,5-6,8,16-18,20-22H2,1-2H3,(H,36,39). The molecule has 4 rings (SSSR count). The molecule has 0 aliphatic carbocycles. The van der Waals surface area contributed by atoms with Crippen molar-refractivity contribution in [2.75, 3.05) is 40.4 Å². The number of aliphatic hydroxyl groups is 2. The molecule has 3 aromatic rings. The zero-order chi connectivity index (χ0) is 30.1. The summed E-state index contributed by atoms with van der Waals surface area (Å²) in [6, 6.07) is 20.7. The third kappa shape index (κ3) is 7.31. The van der Waals surface area contributed by atoms with Gasteiger partial charge in [0.25, 0.3) is 5.91 Å². The van der Waals surface area contributed by atoms with Crippen LogP contribution in [-0.4, -0.2) is 67.3 Å². The Morgan fingerprint density at radius 2 is 1.88 bits per heavy atom. The van der Waals surface area contributed by atoms with Crippen LogP contribution in [-0.2, 0) is 16.9 Å². The maximum absolute atomic E-state index is 13.6. The molecule has 3 aromatic carbocycles.